The van der Waals surface area contributed by atoms with Crippen LogP contribution in [-0.4, -0.2) is 32.4 Å². The molecule has 21 heavy (non-hydrogen) atoms. The first-order valence-corrected chi connectivity index (χ1v) is 7.45. The van der Waals surface area contributed by atoms with Gasteiger partial charge in [0.25, 0.3) is 0 Å². The first-order valence-electron chi connectivity index (χ1n) is 6.46. The predicted molar refractivity (Wildman–Crippen MR) is 78.7 cm³/mol. The Balaban J connectivity index is 2.11. The second-order valence-corrected chi connectivity index (χ2v) is 6.77. The Morgan fingerprint density at radius 3 is 2.62 bits per heavy atom. The van der Waals surface area contributed by atoms with Gasteiger partial charge in [-0.2, -0.15) is 18.3 Å². The van der Waals surface area contributed by atoms with Gasteiger partial charge in [-0.25, -0.2) is 9.50 Å². The standard InChI is InChI=1S/C13H17F3N4S/c1-12(2,3)10-8-9-11(17-4-6-20(9)19-10)18-5-7-21-13(14,15)16/h4,6,8H,5,7H2,1-3H3,(H,17,18). The molecule has 0 bridgehead atoms. The second kappa shape index (κ2) is 5.75. The van der Waals surface area contributed by atoms with Gasteiger partial charge < -0.3 is 5.32 Å². The maximum Gasteiger partial charge on any atom is 0.441 e. The smallest absolute Gasteiger partial charge is 0.367 e. The van der Waals surface area contributed by atoms with Crippen molar-refractivity contribution in [1.82, 2.24) is 14.6 Å². The molecule has 0 spiro atoms. The normalized spacial score (nSPS) is 12.9. The van der Waals surface area contributed by atoms with Gasteiger partial charge in [-0.1, -0.05) is 20.8 Å². The molecule has 0 amide bonds. The molecule has 116 valence electrons. The van der Waals surface area contributed by atoms with E-state index in [4.69, 9.17) is 0 Å². The number of nitrogens with zero attached hydrogens (tertiary/aromatic N) is 3. The molecule has 0 aliphatic heterocycles. The zero-order chi connectivity index (χ0) is 15.7. The molecule has 0 saturated carbocycles. The summed E-state index contributed by atoms with van der Waals surface area (Å²) >= 11 is -0.0450. The predicted octanol–water partition coefficient (Wildman–Crippen LogP) is 3.69. The number of nitrogens with one attached hydrogen (secondary N) is 1. The number of hydrogen-bond donors (Lipinski definition) is 1. The van der Waals surface area contributed by atoms with E-state index >= 15 is 0 Å². The molecule has 0 radical (unpaired) electrons. The van der Waals surface area contributed by atoms with Crippen LogP contribution in [0.15, 0.2) is 18.5 Å². The highest BCUT2D eigenvalue weighted by Gasteiger charge is 2.27. The third-order valence-electron chi connectivity index (χ3n) is 2.82. The summed E-state index contributed by atoms with van der Waals surface area (Å²) < 4.78 is 37.9. The minimum absolute atomic E-state index is 0.0450. The molecule has 2 aromatic rings. The van der Waals surface area contributed by atoms with E-state index in [1.807, 2.05) is 6.07 Å². The molecule has 0 fully saturated rings. The van der Waals surface area contributed by atoms with Gasteiger partial charge in [-0.05, 0) is 17.8 Å². The van der Waals surface area contributed by atoms with E-state index in [9.17, 15) is 13.2 Å². The van der Waals surface area contributed by atoms with Crippen LogP contribution in [0.2, 0.25) is 0 Å². The molecule has 2 heterocycles. The fourth-order valence-electron chi connectivity index (χ4n) is 1.76. The Kier molecular flexibility index (Phi) is 4.36. The van der Waals surface area contributed by atoms with Gasteiger partial charge in [0.15, 0.2) is 5.82 Å². The summed E-state index contributed by atoms with van der Waals surface area (Å²) in [6.07, 6.45) is 3.30. The van der Waals surface area contributed by atoms with E-state index in [2.05, 4.69) is 36.2 Å². The Hall–Kier alpha value is -1.44. The highest BCUT2D eigenvalue weighted by molar-refractivity contribution is 8.00. The molecule has 0 aliphatic rings. The SMILES string of the molecule is CC(C)(C)c1cc2c(NCCSC(F)(F)F)nccn2n1. The number of alkyl halides is 3. The third kappa shape index (κ3) is 4.26. The summed E-state index contributed by atoms with van der Waals surface area (Å²) in [5.41, 5.74) is -2.63. The number of fused-ring (bicyclic) bond motifs is 1. The van der Waals surface area contributed by atoms with Crippen molar-refractivity contribution < 1.29 is 13.2 Å². The van der Waals surface area contributed by atoms with Crippen LogP contribution in [0.3, 0.4) is 0 Å². The van der Waals surface area contributed by atoms with Gasteiger partial charge in [0.2, 0.25) is 0 Å². The summed E-state index contributed by atoms with van der Waals surface area (Å²) in [6, 6.07) is 1.91. The molecular formula is C13H17F3N4S. The number of halogens is 3. The quantitative estimate of drug-likeness (QED) is 0.873. The monoisotopic (exact) mass is 318 g/mol. The lowest BCUT2D eigenvalue weighted by Crippen LogP contribution is -2.11. The highest BCUT2D eigenvalue weighted by Crippen LogP contribution is 2.30. The van der Waals surface area contributed by atoms with E-state index in [-0.39, 0.29) is 29.5 Å². The summed E-state index contributed by atoms with van der Waals surface area (Å²) in [6.45, 7) is 6.34. The number of aromatic nitrogens is 3. The van der Waals surface area contributed by atoms with E-state index in [0.717, 1.165) is 11.2 Å². The summed E-state index contributed by atoms with van der Waals surface area (Å²) in [7, 11) is 0. The maximum atomic E-state index is 12.1. The molecule has 0 unspecified atom stereocenters. The number of hydrogen-bond acceptors (Lipinski definition) is 4. The lowest BCUT2D eigenvalue weighted by Gasteiger charge is -2.13. The fourth-order valence-corrected chi connectivity index (χ4v) is 2.20. The molecule has 0 aromatic carbocycles. The molecule has 2 rings (SSSR count). The molecule has 0 aliphatic carbocycles. The zero-order valence-corrected chi connectivity index (χ0v) is 12.8. The Bertz CT molecular complexity index is 616. The molecular weight excluding hydrogens is 301 g/mol. The van der Waals surface area contributed by atoms with Crippen LogP contribution in [0.1, 0.15) is 26.5 Å². The van der Waals surface area contributed by atoms with Gasteiger partial charge in [-0.15, -0.1) is 0 Å². The fraction of sp³-hybridized carbons (Fsp3) is 0.538. The summed E-state index contributed by atoms with van der Waals surface area (Å²) in [5.74, 6) is 0.482. The van der Waals surface area contributed by atoms with Crippen LogP contribution in [0.5, 0.6) is 0 Å². The number of thioether (sulfide) groups is 1. The average Bonchev–Trinajstić information content (AvgIpc) is 2.77. The number of anilines is 1. The average molecular weight is 318 g/mol. The molecule has 4 nitrogen and oxygen atoms in total. The van der Waals surface area contributed by atoms with Gasteiger partial charge in [0.05, 0.1) is 5.69 Å². The second-order valence-electron chi connectivity index (χ2n) is 5.61. The van der Waals surface area contributed by atoms with Crippen LogP contribution < -0.4 is 5.32 Å². The highest BCUT2D eigenvalue weighted by atomic mass is 32.2. The lowest BCUT2D eigenvalue weighted by atomic mass is 9.92. The summed E-state index contributed by atoms with van der Waals surface area (Å²) in [5, 5.41) is 7.40. The van der Waals surface area contributed by atoms with Gasteiger partial charge in [-0.3, -0.25) is 0 Å². The van der Waals surface area contributed by atoms with Crippen LogP contribution in [0.25, 0.3) is 5.52 Å². The van der Waals surface area contributed by atoms with E-state index in [1.54, 1.807) is 16.9 Å². The largest absolute Gasteiger partial charge is 0.441 e. The van der Waals surface area contributed by atoms with Crippen LogP contribution in [-0.2, 0) is 5.41 Å². The first kappa shape index (κ1) is 15.9. The van der Waals surface area contributed by atoms with Crippen LogP contribution in [0.4, 0.5) is 19.0 Å². The minimum Gasteiger partial charge on any atom is -0.367 e. The molecule has 0 atom stereocenters. The van der Waals surface area contributed by atoms with Crippen molar-refractivity contribution in [2.45, 2.75) is 31.7 Å². The molecule has 1 N–H and O–H groups in total. The van der Waals surface area contributed by atoms with Crippen molar-refractivity contribution in [1.29, 1.82) is 0 Å². The molecule has 0 saturated heterocycles. The van der Waals surface area contributed by atoms with Gasteiger partial charge in [0, 0.05) is 30.1 Å². The Labute approximate surface area is 125 Å². The first-order chi connectivity index (χ1) is 9.67. The summed E-state index contributed by atoms with van der Waals surface area (Å²) in [4.78, 5) is 4.17. The minimum atomic E-state index is -4.20. The lowest BCUT2D eigenvalue weighted by molar-refractivity contribution is -0.0327. The van der Waals surface area contributed by atoms with Crippen molar-refractivity contribution in [3.63, 3.8) is 0 Å². The van der Waals surface area contributed by atoms with Crippen molar-refractivity contribution in [3.05, 3.63) is 24.2 Å². The van der Waals surface area contributed by atoms with Crippen molar-refractivity contribution in [2.24, 2.45) is 0 Å². The Morgan fingerprint density at radius 2 is 2.00 bits per heavy atom. The molecule has 8 heteroatoms. The topological polar surface area (TPSA) is 42.2 Å². The van der Waals surface area contributed by atoms with Crippen molar-refractivity contribution in [3.8, 4) is 0 Å². The van der Waals surface area contributed by atoms with Crippen molar-refractivity contribution >= 4 is 23.1 Å². The van der Waals surface area contributed by atoms with Crippen LogP contribution in [0, 0.1) is 0 Å². The van der Waals surface area contributed by atoms with E-state index in [1.165, 1.54) is 0 Å². The van der Waals surface area contributed by atoms with E-state index < -0.39 is 5.51 Å². The van der Waals surface area contributed by atoms with E-state index in [0.29, 0.717) is 5.82 Å². The van der Waals surface area contributed by atoms with Crippen molar-refractivity contribution in [2.75, 3.05) is 17.6 Å². The zero-order valence-electron chi connectivity index (χ0n) is 12.0. The van der Waals surface area contributed by atoms with Gasteiger partial charge >= 0.3 is 5.51 Å². The third-order valence-corrected chi connectivity index (χ3v) is 3.55. The van der Waals surface area contributed by atoms with Gasteiger partial charge in [0.1, 0.15) is 5.52 Å². The maximum absolute atomic E-state index is 12.1. The van der Waals surface area contributed by atoms with Crippen LogP contribution >= 0.6 is 11.8 Å². The molecule has 2 aromatic heterocycles. The Morgan fingerprint density at radius 1 is 1.29 bits per heavy atom. The number of rotatable bonds is 4.